The van der Waals surface area contributed by atoms with Crippen molar-refractivity contribution in [3.8, 4) is 0 Å². The third-order valence-electron chi connectivity index (χ3n) is 25.6. The molecule has 2 heterocycles. The van der Waals surface area contributed by atoms with Gasteiger partial charge in [0.2, 0.25) is 0 Å². The molecule has 0 radical (unpaired) electrons. The minimum absolute atomic E-state index is 0. The highest BCUT2D eigenvalue weighted by atomic mass is 32.2. The Hall–Kier alpha value is -3.58. The zero-order chi connectivity index (χ0) is 75.5. The normalized spacial score (nSPS) is 28.6. The summed E-state index contributed by atoms with van der Waals surface area (Å²) >= 11 is 3.25. The molecule has 0 aromatic carbocycles. The van der Waals surface area contributed by atoms with Gasteiger partial charge < -0.3 is 43.0 Å². The maximum atomic E-state index is 12.8. The molecule has 12 bridgehead atoms. The largest absolute Gasteiger partial charge is 0.460 e. The lowest BCUT2D eigenvalue weighted by Gasteiger charge is -2.62. The summed E-state index contributed by atoms with van der Waals surface area (Å²) in [6.07, 6.45) is 29.6. The fourth-order valence-electron chi connectivity index (χ4n) is 18.2. The lowest BCUT2D eigenvalue weighted by Crippen LogP contribution is -2.63. The van der Waals surface area contributed by atoms with Crippen molar-refractivity contribution in [3.63, 3.8) is 0 Å². The predicted octanol–water partition coefficient (Wildman–Crippen LogP) is 22.8. The van der Waals surface area contributed by atoms with Crippen LogP contribution in [0.15, 0.2) is 0 Å². The number of ether oxygens (including phenoxy) is 8. The summed E-state index contributed by atoms with van der Waals surface area (Å²) in [5, 5.41) is 10.6. The maximum Gasteiger partial charge on any atom is 0.344 e. The molecule has 0 aromatic rings. The second-order valence-corrected chi connectivity index (χ2v) is 38.7. The lowest BCUT2D eigenvalue weighted by atomic mass is 9.47. The van der Waals surface area contributed by atoms with Gasteiger partial charge in [-0.2, -0.15) is 23.5 Å². The molecule has 2 saturated heterocycles. The zero-order valence-corrected chi connectivity index (χ0v) is 68.3. The molecule has 1 N–H and O–H groups in total. The van der Waals surface area contributed by atoms with E-state index >= 15 is 0 Å². The Balaban J connectivity index is -0.00000127. The number of hydrogen-bond acceptors (Lipinski definition) is 19. The van der Waals surface area contributed by atoms with Crippen LogP contribution in [-0.4, -0.2) is 129 Å². The quantitative estimate of drug-likeness (QED) is 0.0595. The van der Waals surface area contributed by atoms with Gasteiger partial charge in [0.15, 0.2) is 6.61 Å². The highest BCUT2D eigenvalue weighted by Gasteiger charge is 2.63. The van der Waals surface area contributed by atoms with Crippen LogP contribution >= 0.6 is 23.5 Å². The maximum absolute atomic E-state index is 12.8. The van der Waals surface area contributed by atoms with Gasteiger partial charge in [-0.25, -0.2) is 4.79 Å². The molecule has 19 heteroatoms. The van der Waals surface area contributed by atoms with Crippen LogP contribution in [0.4, 0.5) is 0 Å². The van der Waals surface area contributed by atoms with E-state index in [1.165, 1.54) is 51.4 Å². The lowest BCUT2D eigenvalue weighted by molar-refractivity contribution is -0.231. The van der Waals surface area contributed by atoms with Crippen molar-refractivity contribution >= 4 is 71.3 Å². The number of rotatable bonds is 27. The molecule has 644 valence electrons. The van der Waals surface area contributed by atoms with E-state index in [4.69, 9.17) is 37.9 Å². The first-order valence-corrected chi connectivity index (χ1v) is 42.1. The predicted molar refractivity (Wildman–Crippen MR) is 452 cm³/mol. The minimum atomic E-state index is -0.615. The van der Waals surface area contributed by atoms with Crippen molar-refractivity contribution in [1.29, 1.82) is 0 Å². The van der Waals surface area contributed by atoms with Crippen LogP contribution in [0, 0.1) is 80.8 Å². The van der Waals surface area contributed by atoms with E-state index in [0.717, 1.165) is 113 Å². The summed E-state index contributed by atoms with van der Waals surface area (Å²) in [4.78, 5) is 96.6. The number of aliphatic hydroxyl groups is 1. The van der Waals surface area contributed by atoms with Crippen LogP contribution in [-0.2, 0) is 76.3 Å². The molecular weight excluding hydrogens is 1420 g/mol. The van der Waals surface area contributed by atoms with Crippen LogP contribution in [0.1, 0.15) is 371 Å². The van der Waals surface area contributed by atoms with Gasteiger partial charge in [-0.3, -0.25) is 33.6 Å². The Labute approximate surface area is 676 Å². The van der Waals surface area contributed by atoms with E-state index in [1.807, 2.05) is 103 Å². The Morgan fingerprint density at radius 3 is 1.31 bits per heavy atom. The summed E-state index contributed by atoms with van der Waals surface area (Å²) < 4.78 is 45.3. The topological polar surface area (TPSA) is 231 Å². The van der Waals surface area contributed by atoms with E-state index in [9.17, 15) is 43.5 Å². The SMILES string of the molecule is C.C.C.C.C.C.C.C.CCC(C)(C)C(=O)OC1(C(C)C)C2CC3CC(C2)CC1C3.CCC(C)(C)C(=O)OC12CC3CC(CC(O)(C3)C1)C2.CCC(C)(C)C(=O)OCC(=O)OC1C2CC3CC(C2)C(=O)OC1C3.CCC1(OC(=O)C(C)(C)CC)CCCC1.CSCCC(=O)OC(C)(C)CCC(C)(C)OC(=O)CCSC. The number of thioether (sulfide) groups is 2. The van der Waals surface area contributed by atoms with Crippen LogP contribution in [0.25, 0.3) is 0 Å². The molecule has 0 aromatic heterocycles. The third kappa shape index (κ3) is 29.3. The zero-order valence-electron chi connectivity index (χ0n) is 66.6. The van der Waals surface area contributed by atoms with Crippen molar-refractivity contribution in [2.24, 2.45) is 80.8 Å². The summed E-state index contributed by atoms with van der Waals surface area (Å²) in [5.74, 6) is 5.23. The van der Waals surface area contributed by atoms with Crippen molar-refractivity contribution in [1.82, 2.24) is 0 Å². The van der Waals surface area contributed by atoms with E-state index < -0.39 is 45.7 Å². The Morgan fingerprint density at radius 1 is 0.505 bits per heavy atom. The summed E-state index contributed by atoms with van der Waals surface area (Å²) in [7, 11) is 0. The number of carbonyl (C=O) groups excluding carboxylic acids is 8. The van der Waals surface area contributed by atoms with Gasteiger partial charge in [-0.15, -0.1) is 0 Å². The molecule has 11 saturated carbocycles. The average molecular weight is 1590 g/mol. The molecule has 17 nitrogen and oxygen atoms in total. The van der Waals surface area contributed by atoms with Gasteiger partial charge in [-0.1, -0.05) is 108 Å². The van der Waals surface area contributed by atoms with Gasteiger partial charge in [0.25, 0.3) is 0 Å². The van der Waals surface area contributed by atoms with Crippen molar-refractivity contribution in [3.05, 3.63) is 0 Å². The van der Waals surface area contributed by atoms with Gasteiger partial charge in [-0.05, 0) is 303 Å². The third-order valence-corrected chi connectivity index (χ3v) is 26.9. The van der Waals surface area contributed by atoms with Gasteiger partial charge in [0.1, 0.15) is 40.2 Å². The highest BCUT2D eigenvalue weighted by molar-refractivity contribution is 7.98. The van der Waals surface area contributed by atoms with E-state index in [2.05, 4.69) is 27.7 Å². The molecule has 13 rings (SSSR count). The molecule has 11 aliphatic carbocycles. The Kier molecular flexibility index (Phi) is 45.3. The minimum Gasteiger partial charge on any atom is -0.460 e. The molecule has 7 unspecified atom stereocenters. The molecule has 2 aliphatic heterocycles. The first kappa shape index (κ1) is 110. The van der Waals surface area contributed by atoms with E-state index in [-0.39, 0.29) is 147 Å². The first-order chi connectivity index (χ1) is 46.9. The van der Waals surface area contributed by atoms with Gasteiger partial charge in [0.05, 0.1) is 46.0 Å². The molecule has 0 amide bonds. The fourth-order valence-corrected chi connectivity index (χ4v) is 19.0. The number of fused-ring (bicyclic) bond motifs is 1. The van der Waals surface area contributed by atoms with E-state index in [1.54, 1.807) is 37.4 Å². The number of carbonyl (C=O) groups is 8. The second kappa shape index (κ2) is 45.1. The first-order valence-electron chi connectivity index (χ1n) is 39.3. The molecule has 13 fully saturated rings. The van der Waals surface area contributed by atoms with Crippen LogP contribution in [0.5, 0.6) is 0 Å². The monoisotopic (exact) mass is 1590 g/mol. The van der Waals surface area contributed by atoms with Crippen molar-refractivity contribution < 1.29 is 81.4 Å². The highest BCUT2D eigenvalue weighted by Crippen LogP contribution is 2.63. The van der Waals surface area contributed by atoms with Crippen molar-refractivity contribution in [2.75, 3.05) is 30.6 Å². The summed E-state index contributed by atoms with van der Waals surface area (Å²) in [6, 6.07) is 0. The molecular formula is C90H170O17S2. The average Bonchev–Trinajstić information content (AvgIpc) is 1.30. The Bertz CT molecular complexity index is 2720. The fraction of sp³-hybridized carbons (Fsp3) is 0.911. The van der Waals surface area contributed by atoms with Crippen LogP contribution in [0.2, 0.25) is 0 Å². The molecule has 13 aliphatic rings. The second-order valence-electron chi connectivity index (χ2n) is 36.8. The molecule has 0 spiro atoms. The van der Waals surface area contributed by atoms with Gasteiger partial charge >= 0.3 is 47.8 Å². The van der Waals surface area contributed by atoms with Crippen LogP contribution in [0.3, 0.4) is 0 Å². The van der Waals surface area contributed by atoms with Crippen LogP contribution < -0.4 is 0 Å². The smallest absolute Gasteiger partial charge is 0.344 e. The molecule has 109 heavy (non-hydrogen) atoms. The van der Waals surface area contributed by atoms with Gasteiger partial charge in [0, 0.05) is 23.8 Å². The summed E-state index contributed by atoms with van der Waals surface area (Å²) in [6.45, 7) is 37.4. The Morgan fingerprint density at radius 2 is 0.908 bits per heavy atom. The molecule has 7 atom stereocenters. The standard InChI is InChI=1S/C19H32O2.C18H26O6.C16H30O4S2.C16H26O3.C13H24O2.8CH4/c1-6-18(4,5)17(20)21-19(12(2)3)15-8-13-7-14(10-15)11-16(19)9-13;1-4-18(2,3)17(21)22-9-14(19)24-15-11-5-10-6-12(8-11)16(20)23-13(15)7-10;1-15(2,19-13(17)7-11-21-5)9-10-16(3,4)20-14(18)8-12-22-6;1-4-14(2,3)13(17)19-16-8-11-5-12(9-16)7-15(18,6-11)10-16;1-5-12(3,4)11(14)15-13(6-2)9-7-8-10-13;;;;;;;;/h12-16H,6-11H2,1-5H3;10-13,15H,4-9H2,1-3H3;7-12H2,1-6H3;11-12,18H,4-10H2,1-3H3;5-10H2,1-4H3;8*1H4. The number of hydrogen-bond donors (Lipinski definition) is 1. The number of esters is 8. The van der Waals surface area contributed by atoms with E-state index in [0.29, 0.717) is 74.0 Å². The van der Waals surface area contributed by atoms with Crippen molar-refractivity contribution in [2.45, 2.75) is 417 Å². The summed E-state index contributed by atoms with van der Waals surface area (Å²) in [5.41, 5.74) is -4.01.